The van der Waals surface area contributed by atoms with Gasteiger partial charge in [-0.3, -0.25) is 4.79 Å². The number of sulfonamides is 1. The molecule has 0 atom stereocenters. The molecule has 2 aliphatic heterocycles. The SMILES string of the molecule is CC(C)(O)CN1Cc2cc(NC(=O)c3cnn4cccnc34)c(N3CCOCC3)cc2S1(=O)=O. The van der Waals surface area contributed by atoms with Crippen LogP contribution < -0.4 is 10.2 Å². The maximum Gasteiger partial charge on any atom is 0.261 e. The Morgan fingerprint density at radius 3 is 2.76 bits per heavy atom. The van der Waals surface area contributed by atoms with Crippen molar-refractivity contribution in [1.29, 1.82) is 0 Å². The Morgan fingerprint density at radius 1 is 1.26 bits per heavy atom. The average molecular weight is 487 g/mol. The molecule has 1 amide bonds. The van der Waals surface area contributed by atoms with Crippen LogP contribution in [0.25, 0.3) is 5.65 Å². The number of β-amino-alcohol motifs (C(OH)–C–C–N with tert-alkyl or cyclic N) is 1. The van der Waals surface area contributed by atoms with E-state index in [4.69, 9.17) is 4.74 Å². The Hall–Kier alpha value is -3.06. The van der Waals surface area contributed by atoms with Crippen molar-refractivity contribution in [2.75, 3.05) is 43.1 Å². The number of morpholine rings is 1. The second kappa shape index (κ2) is 8.31. The summed E-state index contributed by atoms with van der Waals surface area (Å²) in [7, 11) is -3.78. The molecule has 0 saturated carbocycles. The number of hydrogen-bond acceptors (Lipinski definition) is 8. The molecule has 2 aliphatic rings. The fourth-order valence-corrected chi connectivity index (χ4v) is 6.10. The van der Waals surface area contributed by atoms with Crippen LogP contribution in [0.1, 0.15) is 29.8 Å². The first-order valence-electron chi connectivity index (χ1n) is 11.0. The normalized spacial score (nSPS) is 18.3. The van der Waals surface area contributed by atoms with Crippen molar-refractivity contribution in [3.8, 4) is 0 Å². The van der Waals surface area contributed by atoms with E-state index in [-0.39, 0.29) is 18.0 Å². The zero-order chi connectivity index (χ0) is 24.1. The third-order valence-electron chi connectivity index (χ3n) is 5.83. The maximum atomic E-state index is 13.2. The zero-order valence-electron chi connectivity index (χ0n) is 18.9. The van der Waals surface area contributed by atoms with Gasteiger partial charge in [-0.25, -0.2) is 17.9 Å². The molecule has 0 radical (unpaired) electrons. The summed E-state index contributed by atoms with van der Waals surface area (Å²) in [6.45, 7) is 5.35. The molecule has 34 heavy (non-hydrogen) atoms. The number of ether oxygens (including phenoxy) is 1. The zero-order valence-corrected chi connectivity index (χ0v) is 19.7. The number of amides is 1. The number of nitrogens with one attached hydrogen (secondary N) is 1. The molecule has 1 saturated heterocycles. The summed E-state index contributed by atoms with van der Waals surface area (Å²) in [6, 6.07) is 5.04. The minimum absolute atomic E-state index is 0.0351. The first-order chi connectivity index (χ1) is 16.1. The van der Waals surface area contributed by atoms with Gasteiger partial charge in [-0.15, -0.1) is 0 Å². The highest BCUT2D eigenvalue weighted by Crippen LogP contribution is 2.39. The molecule has 2 N–H and O–H groups in total. The van der Waals surface area contributed by atoms with Gasteiger partial charge in [0.1, 0.15) is 5.56 Å². The fraction of sp³-hybridized carbons (Fsp3) is 0.409. The van der Waals surface area contributed by atoms with E-state index in [1.165, 1.54) is 15.0 Å². The van der Waals surface area contributed by atoms with Gasteiger partial charge in [0.2, 0.25) is 10.0 Å². The van der Waals surface area contributed by atoms with Crippen LogP contribution in [0.3, 0.4) is 0 Å². The first kappa shape index (κ1) is 22.7. The second-order valence-electron chi connectivity index (χ2n) is 9.06. The van der Waals surface area contributed by atoms with Gasteiger partial charge in [0.25, 0.3) is 5.91 Å². The number of aromatic nitrogens is 3. The van der Waals surface area contributed by atoms with Crippen molar-refractivity contribution in [3.63, 3.8) is 0 Å². The Kier molecular flexibility index (Phi) is 5.55. The minimum atomic E-state index is -3.78. The lowest BCUT2D eigenvalue weighted by molar-refractivity contribution is 0.0588. The van der Waals surface area contributed by atoms with Crippen LogP contribution in [0, 0.1) is 0 Å². The van der Waals surface area contributed by atoms with E-state index in [1.54, 1.807) is 44.4 Å². The highest BCUT2D eigenvalue weighted by Gasteiger charge is 2.38. The van der Waals surface area contributed by atoms with E-state index in [0.29, 0.717) is 54.5 Å². The van der Waals surface area contributed by atoms with Gasteiger partial charge in [0.15, 0.2) is 5.65 Å². The summed E-state index contributed by atoms with van der Waals surface area (Å²) in [5.74, 6) is -0.391. The van der Waals surface area contributed by atoms with Crippen LogP contribution in [-0.2, 0) is 21.3 Å². The predicted octanol–water partition coefficient (Wildman–Crippen LogP) is 1.09. The Bertz CT molecular complexity index is 1360. The standard InChI is InChI=1S/C22H26N6O5S/c1-22(2,30)14-27-13-15-10-17(25-21(29)16-12-24-28-5-3-4-23-20(16)28)18(11-19(15)34(27,31)32)26-6-8-33-9-7-26/h3-5,10-12,30H,6-9,13-14H2,1-2H3,(H,25,29). The number of benzene rings is 1. The number of rotatable bonds is 5. The quantitative estimate of drug-likeness (QED) is 0.548. The highest BCUT2D eigenvalue weighted by molar-refractivity contribution is 7.89. The van der Waals surface area contributed by atoms with Gasteiger partial charge in [-0.2, -0.15) is 9.40 Å². The van der Waals surface area contributed by atoms with E-state index >= 15 is 0 Å². The summed E-state index contributed by atoms with van der Waals surface area (Å²) in [5.41, 5.74) is 1.22. The Balaban J connectivity index is 1.54. The lowest BCUT2D eigenvalue weighted by atomic mass is 10.1. The summed E-state index contributed by atoms with van der Waals surface area (Å²) in [6.07, 6.45) is 4.75. The number of nitrogens with zero attached hydrogens (tertiary/aromatic N) is 5. The van der Waals surface area contributed by atoms with Crippen LogP contribution in [0.4, 0.5) is 11.4 Å². The van der Waals surface area contributed by atoms with Gasteiger partial charge < -0.3 is 20.1 Å². The molecule has 12 heteroatoms. The van der Waals surface area contributed by atoms with Crippen LogP contribution >= 0.6 is 0 Å². The van der Waals surface area contributed by atoms with Crippen molar-refractivity contribution < 1.29 is 23.1 Å². The average Bonchev–Trinajstić information content (AvgIpc) is 3.32. The molecule has 0 spiro atoms. The van der Waals surface area contributed by atoms with Crippen molar-refractivity contribution in [2.24, 2.45) is 0 Å². The second-order valence-corrected chi connectivity index (χ2v) is 11.0. The largest absolute Gasteiger partial charge is 0.389 e. The Labute approximate surface area is 197 Å². The molecule has 2 aromatic heterocycles. The van der Waals surface area contributed by atoms with Crippen molar-refractivity contribution in [2.45, 2.75) is 30.9 Å². The Morgan fingerprint density at radius 2 is 2.03 bits per heavy atom. The molecule has 0 aliphatic carbocycles. The number of aliphatic hydroxyl groups is 1. The van der Waals surface area contributed by atoms with Gasteiger partial charge in [-0.05, 0) is 37.6 Å². The van der Waals surface area contributed by atoms with E-state index < -0.39 is 21.5 Å². The highest BCUT2D eigenvalue weighted by atomic mass is 32.2. The van der Waals surface area contributed by atoms with E-state index in [1.807, 2.05) is 4.90 Å². The molecule has 4 heterocycles. The predicted molar refractivity (Wildman–Crippen MR) is 124 cm³/mol. The monoisotopic (exact) mass is 486 g/mol. The molecule has 3 aromatic rings. The molecule has 180 valence electrons. The molecule has 5 rings (SSSR count). The van der Waals surface area contributed by atoms with Crippen molar-refractivity contribution in [3.05, 3.63) is 47.9 Å². The topological polar surface area (TPSA) is 129 Å². The van der Waals surface area contributed by atoms with E-state index in [9.17, 15) is 18.3 Å². The number of carbonyl (C=O) groups excluding carboxylic acids is 1. The van der Waals surface area contributed by atoms with Gasteiger partial charge in [0, 0.05) is 38.6 Å². The molecule has 0 bridgehead atoms. The van der Waals surface area contributed by atoms with Crippen molar-refractivity contribution >= 4 is 33.0 Å². The molecular weight excluding hydrogens is 460 g/mol. The van der Waals surface area contributed by atoms with E-state index in [0.717, 1.165) is 0 Å². The van der Waals surface area contributed by atoms with Crippen LogP contribution in [0.15, 0.2) is 41.7 Å². The molecule has 1 aromatic carbocycles. The third-order valence-corrected chi connectivity index (χ3v) is 7.70. The van der Waals surface area contributed by atoms with Crippen LogP contribution in [-0.4, -0.2) is 76.8 Å². The van der Waals surface area contributed by atoms with Gasteiger partial charge >= 0.3 is 0 Å². The summed E-state index contributed by atoms with van der Waals surface area (Å²) in [5, 5.41) is 17.3. The van der Waals surface area contributed by atoms with Gasteiger partial charge in [0.05, 0.1) is 41.3 Å². The summed E-state index contributed by atoms with van der Waals surface area (Å²) in [4.78, 5) is 19.6. The number of fused-ring (bicyclic) bond motifs is 2. The summed E-state index contributed by atoms with van der Waals surface area (Å²) >= 11 is 0. The number of carbonyl (C=O) groups is 1. The molecule has 1 fully saturated rings. The lowest BCUT2D eigenvalue weighted by Gasteiger charge is -2.31. The summed E-state index contributed by atoms with van der Waals surface area (Å²) < 4.78 is 34.7. The van der Waals surface area contributed by atoms with Crippen LogP contribution in [0.5, 0.6) is 0 Å². The molecule has 0 unspecified atom stereocenters. The fourth-order valence-electron chi connectivity index (χ4n) is 4.31. The first-order valence-corrected chi connectivity index (χ1v) is 12.4. The number of hydrogen-bond donors (Lipinski definition) is 2. The van der Waals surface area contributed by atoms with Crippen LogP contribution in [0.2, 0.25) is 0 Å². The molecular formula is C22H26N6O5S. The van der Waals surface area contributed by atoms with Gasteiger partial charge in [-0.1, -0.05) is 0 Å². The molecule has 11 nitrogen and oxygen atoms in total. The third kappa shape index (κ3) is 4.13. The van der Waals surface area contributed by atoms with E-state index in [2.05, 4.69) is 15.4 Å². The minimum Gasteiger partial charge on any atom is -0.389 e. The smallest absolute Gasteiger partial charge is 0.261 e. The van der Waals surface area contributed by atoms with Crippen molar-refractivity contribution in [1.82, 2.24) is 18.9 Å². The lowest BCUT2D eigenvalue weighted by Crippen LogP contribution is -2.38. The number of anilines is 2. The maximum absolute atomic E-state index is 13.2.